The molecule has 0 saturated heterocycles. The van der Waals surface area contributed by atoms with Crippen molar-refractivity contribution in [3.8, 4) is 0 Å². The minimum absolute atomic E-state index is 1.92. The Hall–Kier alpha value is 0.492. The average Bonchev–Trinajstić information content (AvgIpc) is 0.811. The van der Waals surface area contributed by atoms with E-state index in [9.17, 15) is 0 Å². The molecule has 1 nitrogen and oxygen atoms in total. The van der Waals surface area contributed by atoms with Gasteiger partial charge in [-0.25, -0.2) is 0 Å². The van der Waals surface area contributed by atoms with Gasteiger partial charge in [-0.05, 0) is 0 Å². The molecule has 0 heterocycles. The van der Waals surface area contributed by atoms with Gasteiger partial charge in [-0.1, -0.05) is 0 Å². The van der Waals surface area contributed by atoms with Crippen molar-refractivity contribution in [2.45, 2.75) is 0 Å². The molecule has 0 aromatic carbocycles. The van der Waals surface area contributed by atoms with Crippen LogP contribution in [-0.4, -0.2) is 34.5 Å². The summed E-state index contributed by atoms with van der Waals surface area (Å²) in [5.41, 5.74) is 0. The third-order valence-corrected chi connectivity index (χ3v) is 0. The first-order valence-electron chi connectivity index (χ1n) is 1.15. The Bertz CT molecular complexity index is 10.8. The fourth-order valence-corrected chi connectivity index (χ4v) is 0. The van der Waals surface area contributed by atoms with E-state index in [1.165, 1.54) is 0 Å². The molecule has 0 atom stereocenters. The quantitative estimate of drug-likeness (QED) is 0.352. The Morgan fingerprint density at radius 2 is 1.50 bits per heavy atom. The predicted molar refractivity (Wildman–Crippen MR) is 19.4 cm³/mol. The van der Waals surface area contributed by atoms with Crippen molar-refractivity contribution in [3.05, 3.63) is 0 Å². The zero-order chi connectivity index (χ0) is 3.58. The Labute approximate surface area is 35.2 Å². The maximum absolute atomic E-state index is 2.49. The second kappa shape index (κ2) is 1.78. The molecular weight excluding hydrogens is 65.0 g/mol. The van der Waals surface area contributed by atoms with Gasteiger partial charge in [-0.15, -0.1) is 0 Å². The molecule has 0 bridgehead atoms. The SMILES string of the molecule is C[N](C)[Al+2]. The van der Waals surface area contributed by atoms with Crippen LogP contribution in [0.1, 0.15) is 0 Å². The first kappa shape index (κ1) is 4.49. The van der Waals surface area contributed by atoms with E-state index in [2.05, 4.69) is 16.5 Å². The zero-order valence-electron chi connectivity index (χ0n) is 3.02. The van der Waals surface area contributed by atoms with Gasteiger partial charge in [0.15, 0.2) is 0 Å². The van der Waals surface area contributed by atoms with Gasteiger partial charge in [-0.2, -0.15) is 0 Å². The molecule has 0 spiro atoms. The number of nitrogens with zero attached hydrogens (tertiary/aromatic N) is 1. The van der Waals surface area contributed by atoms with Crippen molar-refractivity contribution in [1.82, 2.24) is 3.88 Å². The molecule has 0 saturated carbocycles. The second-order valence-electron chi connectivity index (χ2n) is 0.964. The van der Waals surface area contributed by atoms with Crippen molar-refractivity contribution in [3.63, 3.8) is 0 Å². The maximum atomic E-state index is 2.49. The normalized spacial score (nSPS) is 9.25. The van der Waals surface area contributed by atoms with Crippen LogP contribution in [0.3, 0.4) is 0 Å². The number of hydrogen-bond donors (Lipinski definition) is 0. The molecule has 0 fully saturated rings. The fourth-order valence-electron chi connectivity index (χ4n) is 0. The van der Waals surface area contributed by atoms with Crippen LogP contribution in [0.15, 0.2) is 0 Å². The molecule has 0 amide bonds. The molecule has 0 N–H and O–H groups in total. The van der Waals surface area contributed by atoms with Gasteiger partial charge in [0.05, 0.1) is 0 Å². The van der Waals surface area contributed by atoms with E-state index in [-0.39, 0.29) is 0 Å². The van der Waals surface area contributed by atoms with E-state index in [1.54, 1.807) is 0 Å². The van der Waals surface area contributed by atoms with Crippen LogP contribution >= 0.6 is 0 Å². The van der Waals surface area contributed by atoms with Crippen LogP contribution in [0, 0.1) is 0 Å². The Morgan fingerprint density at radius 1 is 1.50 bits per heavy atom. The number of rotatable bonds is 0. The molecule has 0 aliphatic rings. The Balaban J connectivity index is 2.32. The zero-order valence-corrected chi connectivity index (χ0v) is 4.18. The van der Waals surface area contributed by atoms with Gasteiger partial charge in [0.25, 0.3) is 0 Å². The third kappa shape index (κ3) is 22.9. The molecule has 20 valence electrons. The molecule has 0 rings (SSSR count). The van der Waals surface area contributed by atoms with Crippen molar-refractivity contribution in [2.75, 3.05) is 14.1 Å². The van der Waals surface area contributed by atoms with Crippen molar-refractivity contribution >= 4 is 16.5 Å². The van der Waals surface area contributed by atoms with Gasteiger partial charge < -0.3 is 0 Å². The van der Waals surface area contributed by atoms with E-state index in [4.69, 9.17) is 0 Å². The summed E-state index contributed by atoms with van der Waals surface area (Å²) >= 11 is 2.49. The predicted octanol–water partition coefficient (Wildman–Crippen LogP) is -0.369. The van der Waals surface area contributed by atoms with Gasteiger partial charge >= 0.3 is 34.5 Å². The number of hydrogen-bond acceptors (Lipinski definition) is 1. The van der Waals surface area contributed by atoms with E-state index in [1.807, 2.05) is 18.0 Å². The summed E-state index contributed by atoms with van der Waals surface area (Å²) in [6.07, 6.45) is 0. The molecule has 0 aliphatic heterocycles. The summed E-state index contributed by atoms with van der Waals surface area (Å²) in [4.78, 5) is 0. The Morgan fingerprint density at radius 3 is 1.50 bits per heavy atom. The van der Waals surface area contributed by atoms with Crippen LogP contribution in [0.5, 0.6) is 0 Å². The summed E-state index contributed by atoms with van der Waals surface area (Å²) in [6, 6.07) is 0. The Kier molecular flexibility index (Phi) is 2.00. The molecule has 0 aromatic rings. The minimum atomic E-state index is 1.92. The van der Waals surface area contributed by atoms with Crippen molar-refractivity contribution in [1.29, 1.82) is 0 Å². The van der Waals surface area contributed by atoms with E-state index < -0.39 is 0 Å². The van der Waals surface area contributed by atoms with E-state index in [0.29, 0.717) is 0 Å². The van der Waals surface area contributed by atoms with E-state index >= 15 is 0 Å². The summed E-state index contributed by atoms with van der Waals surface area (Å²) in [5, 5.41) is 0. The molecule has 0 unspecified atom stereocenters. The molecule has 2 heteroatoms. The van der Waals surface area contributed by atoms with Crippen LogP contribution in [0.2, 0.25) is 0 Å². The summed E-state index contributed by atoms with van der Waals surface area (Å²) < 4.78 is 1.92. The molecule has 0 aromatic heterocycles. The van der Waals surface area contributed by atoms with Crippen LogP contribution in [0.4, 0.5) is 0 Å². The molecule has 0 aliphatic carbocycles. The van der Waals surface area contributed by atoms with Gasteiger partial charge in [0.2, 0.25) is 0 Å². The van der Waals surface area contributed by atoms with Crippen LogP contribution in [-0.2, 0) is 0 Å². The van der Waals surface area contributed by atoms with Gasteiger partial charge in [0.1, 0.15) is 0 Å². The van der Waals surface area contributed by atoms with Gasteiger partial charge in [0, 0.05) is 0 Å². The third-order valence-electron chi connectivity index (χ3n) is 0. The average molecular weight is 71.1 g/mol. The van der Waals surface area contributed by atoms with Crippen LogP contribution < -0.4 is 0 Å². The summed E-state index contributed by atoms with van der Waals surface area (Å²) in [6.45, 7) is 0. The second-order valence-corrected chi connectivity index (χ2v) is 2.00. The standard InChI is InChI=1S/C2H6N.Al/c1-3-2;/h1-2H3;/q-1;+3. The summed E-state index contributed by atoms with van der Waals surface area (Å²) in [7, 11) is 3.93. The summed E-state index contributed by atoms with van der Waals surface area (Å²) in [5.74, 6) is 0. The van der Waals surface area contributed by atoms with Crippen LogP contribution in [0.25, 0.3) is 0 Å². The first-order chi connectivity index (χ1) is 1.73. The molecule has 4 heavy (non-hydrogen) atoms. The molecular formula is C2H6AlN+2. The van der Waals surface area contributed by atoms with Gasteiger partial charge in [-0.3, -0.25) is 0 Å². The topological polar surface area (TPSA) is 3.24 Å². The molecule has 0 radical (unpaired) electrons. The first-order valence-corrected chi connectivity index (χ1v) is 1.67. The van der Waals surface area contributed by atoms with Crippen molar-refractivity contribution in [2.24, 2.45) is 0 Å². The fraction of sp³-hybridized carbons (Fsp3) is 1.00. The van der Waals surface area contributed by atoms with Crippen molar-refractivity contribution < 1.29 is 0 Å². The monoisotopic (exact) mass is 71.0 g/mol. The van der Waals surface area contributed by atoms with E-state index in [0.717, 1.165) is 0 Å².